The van der Waals surface area contributed by atoms with Gasteiger partial charge in [0, 0.05) is 13.0 Å². The van der Waals surface area contributed by atoms with Gasteiger partial charge < -0.3 is 4.52 Å². The number of imidazole rings is 1. The molecule has 0 N–H and O–H groups in total. The quantitative estimate of drug-likeness (QED) is 0.530. The summed E-state index contributed by atoms with van der Waals surface area (Å²) in [5.41, 5.74) is 3.18. The lowest BCUT2D eigenvalue weighted by atomic mass is 10.2. The largest absolute Gasteiger partial charge is 0.332 e. The lowest BCUT2D eigenvalue weighted by molar-refractivity contribution is 0.183. The third-order valence-corrected chi connectivity index (χ3v) is 4.51. The summed E-state index contributed by atoms with van der Waals surface area (Å²) in [6, 6.07) is 7.89. The number of hydroxylamine groups is 1. The second kappa shape index (κ2) is 5.25. The average molecular weight is 336 g/mol. The number of anilines is 1. The van der Waals surface area contributed by atoms with E-state index in [1.807, 2.05) is 28.7 Å². The van der Waals surface area contributed by atoms with Crippen LogP contribution >= 0.6 is 0 Å². The molecule has 25 heavy (non-hydrogen) atoms. The molecule has 0 atom stereocenters. The fourth-order valence-corrected chi connectivity index (χ4v) is 2.98. The minimum Gasteiger partial charge on any atom is -0.332 e. The van der Waals surface area contributed by atoms with Crippen LogP contribution in [0.5, 0.6) is 0 Å². The third-order valence-electron chi connectivity index (χ3n) is 4.51. The van der Waals surface area contributed by atoms with E-state index in [0.29, 0.717) is 23.3 Å². The van der Waals surface area contributed by atoms with E-state index in [9.17, 15) is 0 Å². The Labute approximate surface area is 143 Å². The summed E-state index contributed by atoms with van der Waals surface area (Å²) in [4.78, 5) is 19.2. The zero-order chi connectivity index (χ0) is 17.0. The van der Waals surface area contributed by atoms with Gasteiger partial charge in [-0.05, 0) is 25.0 Å². The Balaban J connectivity index is 1.79. The molecule has 0 radical (unpaired) electrons. The Morgan fingerprint density at radius 2 is 2.08 bits per heavy atom. The Morgan fingerprint density at radius 3 is 2.88 bits per heavy atom. The highest BCUT2D eigenvalue weighted by atomic mass is 16.7. The van der Waals surface area contributed by atoms with Crippen molar-refractivity contribution in [3.05, 3.63) is 36.4 Å². The van der Waals surface area contributed by atoms with Crippen LogP contribution in [0.15, 0.2) is 35.1 Å². The van der Waals surface area contributed by atoms with Crippen molar-refractivity contribution in [1.29, 1.82) is 0 Å². The van der Waals surface area contributed by atoms with Crippen LogP contribution in [-0.2, 0) is 4.84 Å². The van der Waals surface area contributed by atoms with Gasteiger partial charge >= 0.3 is 0 Å². The van der Waals surface area contributed by atoms with Crippen LogP contribution in [0.4, 0.5) is 5.82 Å². The molecule has 5 rings (SSSR count). The second-order valence-corrected chi connectivity index (χ2v) is 6.15. The SMILES string of the molecule is CON(C)c1nc2ccccc2n2cnc(-c3nc(C4CC4)no3)c12. The van der Waals surface area contributed by atoms with Crippen molar-refractivity contribution >= 4 is 22.4 Å². The molecule has 0 amide bonds. The van der Waals surface area contributed by atoms with Gasteiger partial charge in [-0.3, -0.25) is 9.24 Å². The lowest BCUT2D eigenvalue weighted by Gasteiger charge is -2.17. The molecular weight excluding hydrogens is 320 g/mol. The number of hydrogen-bond acceptors (Lipinski definition) is 7. The smallest absolute Gasteiger partial charge is 0.278 e. The Hall–Kier alpha value is -3.00. The molecule has 8 heteroatoms. The molecule has 8 nitrogen and oxygen atoms in total. The van der Waals surface area contributed by atoms with Crippen LogP contribution in [0.3, 0.4) is 0 Å². The first-order valence-electron chi connectivity index (χ1n) is 8.14. The van der Waals surface area contributed by atoms with E-state index in [0.717, 1.165) is 35.2 Å². The molecule has 1 saturated carbocycles. The van der Waals surface area contributed by atoms with Crippen molar-refractivity contribution in [2.75, 3.05) is 19.2 Å². The average Bonchev–Trinajstić information content (AvgIpc) is 3.21. The van der Waals surface area contributed by atoms with Gasteiger partial charge in [0.15, 0.2) is 17.3 Å². The number of para-hydroxylation sites is 2. The summed E-state index contributed by atoms with van der Waals surface area (Å²) < 4.78 is 7.45. The summed E-state index contributed by atoms with van der Waals surface area (Å²) in [5.74, 6) is 2.23. The van der Waals surface area contributed by atoms with Gasteiger partial charge in [0.05, 0.1) is 18.1 Å². The maximum Gasteiger partial charge on any atom is 0.278 e. The molecule has 0 spiro atoms. The van der Waals surface area contributed by atoms with E-state index in [2.05, 4.69) is 15.1 Å². The van der Waals surface area contributed by atoms with Crippen molar-refractivity contribution in [3.8, 4) is 11.6 Å². The van der Waals surface area contributed by atoms with Gasteiger partial charge in [-0.15, -0.1) is 0 Å². The van der Waals surface area contributed by atoms with Crippen LogP contribution in [-0.4, -0.2) is 38.7 Å². The molecule has 1 aliphatic carbocycles. The molecule has 3 aromatic heterocycles. The van der Waals surface area contributed by atoms with Crippen molar-refractivity contribution < 1.29 is 9.36 Å². The Morgan fingerprint density at radius 1 is 1.24 bits per heavy atom. The van der Waals surface area contributed by atoms with Crippen molar-refractivity contribution in [1.82, 2.24) is 24.5 Å². The molecule has 0 unspecified atom stereocenters. The van der Waals surface area contributed by atoms with Crippen LogP contribution in [0.1, 0.15) is 24.6 Å². The highest BCUT2D eigenvalue weighted by Crippen LogP contribution is 2.39. The molecule has 4 aromatic rings. The van der Waals surface area contributed by atoms with E-state index < -0.39 is 0 Å². The molecule has 3 heterocycles. The summed E-state index contributed by atoms with van der Waals surface area (Å²) >= 11 is 0. The van der Waals surface area contributed by atoms with Gasteiger partial charge in [0.1, 0.15) is 11.8 Å². The van der Waals surface area contributed by atoms with E-state index in [-0.39, 0.29) is 0 Å². The molecule has 1 aromatic carbocycles. The summed E-state index contributed by atoms with van der Waals surface area (Å²) in [6.07, 6.45) is 3.99. The highest BCUT2D eigenvalue weighted by molar-refractivity contribution is 5.90. The van der Waals surface area contributed by atoms with E-state index in [1.165, 1.54) is 0 Å². The number of aromatic nitrogens is 5. The molecule has 0 aliphatic heterocycles. The van der Waals surface area contributed by atoms with Crippen molar-refractivity contribution in [2.45, 2.75) is 18.8 Å². The van der Waals surface area contributed by atoms with Gasteiger partial charge in [-0.1, -0.05) is 17.3 Å². The zero-order valence-corrected chi connectivity index (χ0v) is 13.9. The van der Waals surface area contributed by atoms with Crippen LogP contribution in [0, 0.1) is 0 Å². The number of rotatable bonds is 4. The van der Waals surface area contributed by atoms with Crippen LogP contribution in [0.2, 0.25) is 0 Å². The molecular formula is C17H16N6O2. The summed E-state index contributed by atoms with van der Waals surface area (Å²) in [6.45, 7) is 0. The fourth-order valence-electron chi connectivity index (χ4n) is 2.98. The third kappa shape index (κ3) is 2.18. The standard InChI is InChI=1S/C17H16N6O2/c1-22(24-2)16-14-13(17-20-15(21-25-17)10-7-8-10)18-9-23(14)12-6-4-3-5-11(12)19-16/h3-6,9-10H,7-8H2,1-2H3. The predicted molar refractivity (Wildman–Crippen MR) is 91.2 cm³/mol. The first-order valence-corrected chi connectivity index (χ1v) is 8.14. The molecule has 1 aliphatic rings. The van der Waals surface area contributed by atoms with E-state index >= 15 is 0 Å². The normalized spacial score (nSPS) is 14.5. The summed E-state index contributed by atoms with van der Waals surface area (Å²) in [5, 5.41) is 5.70. The Bertz CT molecular complexity index is 1080. The maximum absolute atomic E-state index is 5.47. The molecule has 1 fully saturated rings. The first-order chi connectivity index (χ1) is 12.3. The van der Waals surface area contributed by atoms with Crippen molar-refractivity contribution in [2.24, 2.45) is 0 Å². The monoisotopic (exact) mass is 336 g/mol. The number of nitrogens with zero attached hydrogens (tertiary/aromatic N) is 6. The van der Waals surface area contributed by atoms with Gasteiger partial charge in [0.25, 0.3) is 5.89 Å². The lowest BCUT2D eigenvalue weighted by Crippen LogP contribution is -2.17. The number of hydrogen-bond donors (Lipinski definition) is 0. The topological polar surface area (TPSA) is 81.6 Å². The van der Waals surface area contributed by atoms with Gasteiger partial charge in [-0.2, -0.15) is 4.98 Å². The van der Waals surface area contributed by atoms with Crippen LogP contribution in [0.25, 0.3) is 28.1 Å². The van der Waals surface area contributed by atoms with Gasteiger partial charge in [-0.25, -0.2) is 15.0 Å². The maximum atomic E-state index is 5.47. The number of benzene rings is 1. The first kappa shape index (κ1) is 14.4. The Kier molecular flexibility index (Phi) is 3.01. The number of fused-ring (bicyclic) bond motifs is 3. The minimum absolute atomic E-state index is 0.409. The fraction of sp³-hybridized carbons (Fsp3) is 0.294. The minimum atomic E-state index is 0.409. The summed E-state index contributed by atoms with van der Waals surface area (Å²) in [7, 11) is 3.40. The van der Waals surface area contributed by atoms with Crippen LogP contribution < -0.4 is 5.06 Å². The van der Waals surface area contributed by atoms with Gasteiger partial charge in [0.2, 0.25) is 0 Å². The van der Waals surface area contributed by atoms with Crippen molar-refractivity contribution in [3.63, 3.8) is 0 Å². The highest BCUT2D eigenvalue weighted by Gasteiger charge is 2.30. The molecule has 126 valence electrons. The van der Waals surface area contributed by atoms with E-state index in [4.69, 9.17) is 14.3 Å². The predicted octanol–water partition coefficient (Wildman–Crippen LogP) is 2.81. The molecule has 0 bridgehead atoms. The molecule has 0 saturated heterocycles. The van der Waals surface area contributed by atoms with E-state index in [1.54, 1.807) is 25.5 Å². The zero-order valence-electron chi connectivity index (χ0n) is 13.9. The second-order valence-electron chi connectivity index (χ2n) is 6.15.